The topological polar surface area (TPSA) is 117 Å². The molecule has 0 rings (SSSR count). The van der Waals surface area contributed by atoms with Gasteiger partial charge in [-0.05, 0) is 76.7 Å². The minimum absolute atomic E-state index is 0.0664. The number of hydrogen-bond donors (Lipinski definition) is 2. The molecular weight excluding hydrogens is 697 g/mol. The second-order valence-electron chi connectivity index (χ2n) is 15.0. The smallest absolute Gasteiger partial charge is 0.472 e. The van der Waals surface area contributed by atoms with Gasteiger partial charge in [0, 0.05) is 13.0 Å². The van der Waals surface area contributed by atoms with Gasteiger partial charge in [0.05, 0.1) is 19.5 Å². The van der Waals surface area contributed by atoms with E-state index < -0.39 is 13.9 Å². The minimum atomic E-state index is -4.27. The van der Waals surface area contributed by atoms with E-state index in [1.54, 1.807) is 6.26 Å². The number of carbonyl (C=O) groups excluding carboxylic acids is 1. The van der Waals surface area contributed by atoms with Gasteiger partial charge < -0.3 is 20.1 Å². The maximum absolute atomic E-state index is 12.4. The lowest BCUT2D eigenvalue weighted by Crippen LogP contribution is -2.25. The van der Waals surface area contributed by atoms with Gasteiger partial charge in [-0.25, -0.2) is 4.57 Å². The second kappa shape index (κ2) is 42.7. The van der Waals surface area contributed by atoms with Gasteiger partial charge in [0.25, 0.3) is 0 Å². The normalized spacial score (nSPS) is 13.7. The standard InChI is InChI=1S/C45H86NO7P/c1-3-5-7-9-11-13-15-17-19-21-22-23-24-26-28-30-32-34-36-38-45(47)51-42-44(43-53-54(48,49)52-41-39-46)50-40-37-35-33-31-29-27-25-20-18-16-14-12-10-8-6-4-2/h14,16-17,19,37,40,44H,3-13,15,18,20-36,38-39,41-43,46H2,1-2H3,(H,48,49). The molecule has 3 N–H and O–H groups in total. The highest BCUT2D eigenvalue weighted by Crippen LogP contribution is 2.43. The van der Waals surface area contributed by atoms with Gasteiger partial charge in [0.2, 0.25) is 0 Å². The monoisotopic (exact) mass is 784 g/mol. The molecule has 0 aromatic heterocycles. The summed E-state index contributed by atoms with van der Waals surface area (Å²) in [6.07, 6.45) is 49.8. The zero-order valence-electron chi connectivity index (χ0n) is 35.2. The molecule has 0 saturated carbocycles. The van der Waals surface area contributed by atoms with E-state index in [0.717, 1.165) is 32.1 Å². The highest BCUT2D eigenvalue weighted by Gasteiger charge is 2.24. The molecule has 0 spiro atoms. The molecule has 0 aliphatic rings. The van der Waals surface area contributed by atoms with E-state index in [0.29, 0.717) is 6.42 Å². The molecule has 2 atom stereocenters. The molecule has 0 fully saturated rings. The Morgan fingerprint density at radius 3 is 1.39 bits per heavy atom. The fourth-order valence-corrected chi connectivity index (χ4v) is 6.97. The van der Waals surface area contributed by atoms with E-state index in [1.165, 1.54) is 161 Å². The number of rotatable bonds is 43. The molecule has 318 valence electrons. The van der Waals surface area contributed by atoms with Crippen LogP contribution in [-0.4, -0.2) is 43.3 Å². The summed E-state index contributed by atoms with van der Waals surface area (Å²) in [5.74, 6) is -0.293. The zero-order chi connectivity index (χ0) is 39.5. The minimum Gasteiger partial charge on any atom is -0.492 e. The average molecular weight is 784 g/mol. The van der Waals surface area contributed by atoms with E-state index >= 15 is 0 Å². The summed E-state index contributed by atoms with van der Waals surface area (Å²) in [5.41, 5.74) is 5.37. The lowest BCUT2D eigenvalue weighted by Gasteiger charge is -2.19. The molecule has 0 bridgehead atoms. The van der Waals surface area contributed by atoms with Crippen LogP contribution in [0.5, 0.6) is 0 Å². The number of nitrogens with two attached hydrogens (primary N) is 1. The molecule has 0 radical (unpaired) electrons. The molecule has 0 aliphatic heterocycles. The van der Waals surface area contributed by atoms with Crippen LogP contribution in [-0.2, 0) is 27.9 Å². The third-order valence-electron chi connectivity index (χ3n) is 9.62. The number of phosphoric ester groups is 1. The summed E-state index contributed by atoms with van der Waals surface area (Å²) in [6, 6.07) is 0. The Balaban J connectivity index is 4.04. The Kier molecular flexibility index (Phi) is 41.6. The Bertz CT molecular complexity index is 926. The fraction of sp³-hybridized carbons (Fsp3) is 0.844. The Hall–Kier alpha value is -1.44. The van der Waals surface area contributed by atoms with Crippen LogP contribution in [0, 0.1) is 0 Å². The third-order valence-corrected chi connectivity index (χ3v) is 10.6. The lowest BCUT2D eigenvalue weighted by molar-refractivity contribution is -0.147. The van der Waals surface area contributed by atoms with Crippen molar-refractivity contribution < 1.29 is 32.8 Å². The molecule has 2 unspecified atom stereocenters. The quantitative estimate of drug-likeness (QED) is 0.0206. The molecule has 0 saturated heterocycles. The third kappa shape index (κ3) is 41.7. The number of phosphoric acid groups is 1. The number of ether oxygens (including phenoxy) is 2. The first-order valence-corrected chi connectivity index (χ1v) is 24.0. The molecule has 0 heterocycles. The van der Waals surface area contributed by atoms with Crippen molar-refractivity contribution in [3.63, 3.8) is 0 Å². The van der Waals surface area contributed by atoms with Crippen LogP contribution < -0.4 is 5.73 Å². The number of unbranched alkanes of at least 4 members (excludes halogenated alkanes) is 26. The maximum Gasteiger partial charge on any atom is 0.472 e. The Labute approximate surface area is 333 Å². The molecule has 8 nitrogen and oxygen atoms in total. The Morgan fingerprint density at radius 2 is 0.944 bits per heavy atom. The van der Waals surface area contributed by atoms with Crippen LogP contribution in [0.25, 0.3) is 0 Å². The predicted octanol–water partition coefficient (Wildman–Crippen LogP) is 13.8. The van der Waals surface area contributed by atoms with Gasteiger partial charge in [-0.15, -0.1) is 0 Å². The van der Waals surface area contributed by atoms with Crippen LogP contribution in [0.15, 0.2) is 36.6 Å². The first kappa shape index (κ1) is 52.6. The summed E-state index contributed by atoms with van der Waals surface area (Å²) >= 11 is 0. The number of hydrogen-bond acceptors (Lipinski definition) is 7. The van der Waals surface area contributed by atoms with Crippen LogP contribution in [0.2, 0.25) is 0 Å². The first-order valence-electron chi connectivity index (χ1n) is 22.5. The van der Waals surface area contributed by atoms with Crippen molar-refractivity contribution in [2.75, 3.05) is 26.4 Å². The van der Waals surface area contributed by atoms with Crippen LogP contribution in [0.3, 0.4) is 0 Å². The SMILES string of the molecule is CCCCCCC=CCCCCCCCCC=COC(COC(=O)CCCCCCCCCCCC=CCCCCCCCC)COP(=O)(O)OCCN. The van der Waals surface area contributed by atoms with Crippen LogP contribution in [0.4, 0.5) is 0 Å². The fourth-order valence-electron chi connectivity index (χ4n) is 6.21. The largest absolute Gasteiger partial charge is 0.492 e. The van der Waals surface area contributed by atoms with Crippen LogP contribution in [0.1, 0.15) is 213 Å². The van der Waals surface area contributed by atoms with Gasteiger partial charge in [0.1, 0.15) is 6.61 Å². The molecule has 0 amide bonds. The molecule has 9 heteroatoms. The van der Waals surface area contributed by atoms with Gasteiger partial charge in [-0.3, -0.25) is 13.8 Å². The molecule has 0 aromatic rings. The highest BCUT2D eigenvalue weighted by molar-refractivity contribution is 7.47. The van der Waals surface area contributed by atoms with E-state index in [1.807, 2.05) is 6.08 Å². The average Bonchev–Trinajstić information content (AvgIpc) is 3.16. The van der Waals surface area contributed by atoms with Gasteiger partial charge in [0.15, 0.2) is 6.10 Å². The number of carbonyl (C=O) groups is 1. The van der Waals surface area contributed by atoms with Crippen molar-refractivity contribution >= 4 is 13.8 Å². The number of esters is 1. The summed E-state index contributed by atoms with van der Waals surface area (Å²) < 4.78 is 33.2. The van der Waals surface area contributed by atoms with Crippen molar-refractivity contribution in [1.29, 1.82) is 0 Å². The molecule has 0 aliphatic carbocycles. The summed E-state index contributed by atoms with van der Waals surface area (Å²) in [5, 5.41) is 0. The Morgan fingerprint density at radius 1 is 0.556 bits per heavy atom. The van der Waals surface area contributed by atoms with Crippen molar-refractivity contribution in [3.8, 4) is 0 Å². The zero-order valence-corrected chi connectivity index (χ0v) is 36.1. The van der Waals surface area contributed by atoms with E-state index in [-0.39, 0.29) is 32.3 Å². The van der Waals surface area contributed by atoms with Crippen LogP contribution >= 0.6 is 7.82 Å². The lowest BCUT2D eigenvalue weighted by atomic mass is 10.1. The predicted molar refractivity (Wildman–Crippen MR) is 229 cm³/mol. The number of allylic oxidation sites excluding steroid dienone is 5. The summed E-state index contributed by atoms with van der Waals surface area (Å²) in [6.45, 7) is 4.21. The molecule has 0 aromatic carbocycles. The summed E-state index contributed by atoms with van der Waals surface area (Å²) in [7, 11) is -4.27. The van der Waals surface area contributed by atoms with E-state index in [9.17, 15) is 14.3 Å². The molecular formula is C45H86NO7P. The van der Waals surface area contributed by atoms with Crippen molar-refractivity contribution in [2.24, 2.45) is 5.73 Å². The first-order chi connectivity index (χ1) is 26.4. The van der Waals surface area contributed by atoms with E-state index in [4.69, 9.17) is 24.3 Å². The van der Waals surface area contributed by atoms with Gasteiger partial charge >= 0.3 is 13.8 Å². The van der Waals surface area contributed by atoms with Gasteiger partial charge in [-0.2, -0.15) is 0 Å². The maximum atomic E-state index is 12.4. The highest BCUT2D eigenvalue weighted by atomic mass is 31.2. The summed E-state index contributed by atoms with van der Waals surface area (Å²) in [4.78, 5) is 22.3. The van der Waals surface area contributed by atoms with Crippen molar-refractivity contribution in [1.82, 2.24) is 0 Å². The van der Waals surface area contributed by atoms with E-state index in [2.05, 4.69) is 38.2 Å². The van der Waals surface area contributed by atoms with Gasteiger partial charge in [-0.1, -0.05) is 160 Å². The molecule has 54 heavy (non-hydrogen) atoms. The second-order valence-corrected chi connectivity index (χ2v) is 16.4. The van der Waals surface area contributed by atoms with Crippen molar-refractivity contribution in [2.45, 2.75) is 219 Å². The van der Waals surface area contributed by atoms with Crippen molar-refractivity contribution in [3.05, 3.63) is 36.6 Å².